The van der Waals surface area contributed by atoms with Gasteiger partial charge in [-0.3, -0.25) is 4.90 Å². The van der Waals surface area contributed by atoms with E-state index >= 15 is 0 Å². The smallest absolute Gasteiger partial charge is 0.345 e. The van der Waals surface area contributed by atoms with Gasteiger partial charge in [0.2, 0.25) is 11.8 Å². The summed E-state index contributed by atoms with van der Waals surface area (Å²) in [6.45, 7) is 12.2. The van der Waals surface area contributed by atoms with Crippen LogP contribution in [0.2, 0.25) is 0 Å². The average Bonchev–Trinajstić information content (AvgIpc) is 4.14. The third kappa shape index (κ3) is 6.12. The minimum Gasteiger partial charge on any atom is -0.424 e. The van der Waals surface area contributed by atoms with Gasteiger partial charge in [-0.15, -0.1) is 15.2 Å². The molecule has 1 atom stereocenters. The van der Waals surface area contributed by atoms with Gasteiger partial charge in [0.25, 0.3) is 0 Å². The van der Waals surface area contributed by atoms with Gasteiger partial charge in [0, 0.05) is 104 Å². The molecule has 0 N–H and O–H groups in total. The number of fused-ring (bicyclic) bond motifs is 6. The Bertz CT molecular complexity index is 3290. The van der Waals surface area contributed by atoms with Crippen molar-refractivity contribution in [2.45, 2.75) is 46.6 Å². The van der Waals surface area contributed by atoms with Gasteiger partial charge in [-0.1, -0.05) is 77.9 Å². The topological polar surface area (TPSA) is 80.1 Å². The highest BCUT2D eigenvalue weighted by atomic mass is 16.6. The van der Waals surface area contributed by atoms with E-state index in [1.807, 2.05) is 36.4 Å². The first-order valence-corrected chi connectivity index (χ1v) is 22.2. The van der Waals surface area contributed by atoms with E-state index in [9.17, 15) is 0 Å². The molecule has 1 unspecified atom stereocenters. The second-order valence-electron chi connectivity index (χ2n) is 16.0. The normalized spacial score (nSPS) is 15.1. The SMILES string of the molecule is CCN(CC)c1ccc(C2(N(c3ccccc3)c3ccccc3)OC(c3ccc4c(c3)c3ccccc3n4CC)=NN2c2nnc(-c3ccc4c(c3)c3ccccc3n4CC)o2)cc1. The van der Waals surface area contributed by atoms with Crippen LogP contribution in [0.5, 0.6) is 0 Å². The van der Waals surface area contributed by atoms with E-state index < -0.39 is 5.85 Å². The van der Waals surface area contributed by atoms with E-state index in [2.05, 4.69) is 180 Å². The van der Waals surface area contributed by atoms with Crippen LogP contribution in [0.3, 0.4) is 0 Å². The number of aromatic nitrogens is 4. The molecule has 64 heavy (non-hydrogen) atoms. The van der Waals surface area contributed by atoms with Gasteiger partial charge in [0.15, 0.2) is 0 Å². The highest BCUT2D eigenvalue weighted by Crippen LogP contribution is 2.49. The molecule has 1 aliphatic heterocycles. The van der Waals surface area contributed by atoms with Gasteiger partial charge in [-0.25, -0.2) is 0 Å². The number of hydrogen-bond donors (Lipinski definition) is 0. The second-order valence-corrected chi connectivity index (χ2v) is 16.0. The molecule has 10 nitrogen and oxygen atoms in total. The lowest BCUT2D eigenvalue weighted by Crippen LogP contribution is -2.54. The number of hydrogen-bond acceptors (Lipinski definition) is 8. The Morgan fingerprint density at radius 3 is 1.58 bits per heavy atom. The summed E-state index contributed by atoms with van der Waals surface area (Å²) < 4.78 is 19.1. The van der Waals surface area contributed by atoms with Gasteiger partial charge < -0.3 is 23.2 Å². The number of ether oxygens (including phenoxy) is 1. The van der Waals surface area contributed by atoms with Gasteiger partial charge in [-0.2, -0.15) is 0 Å². The third-order valence-corrected chi connectivity index (χ3v) is 12.7. The van der Waals surface area contributed by atoms with Crippen molar-refractivity contribution in [3.05, 3.63) is 181 Å². The zero-order valence-electron chi connectivity index (χ0n) is 36.4. The molecule has 0 saturated heterocycles. The van der Waals surface area contributed by atoms with Crippen molar-refractivity contribution in [3.8, 4) is 11.5 Å². The van der Waals surface area contributed by atoms with E-state index in [0.717, 1.165) is 81.7 Å². The Morgan fingerprint density at radius 2 is 1.02 bits per heavy atom. The molecular formula is C54H48N8O2. The predicted molar refractivity (Wildman–Crippen MR) is 260 cm³/mol. The van der Waals surface area contributed by atoms with Gasteiger partial charge in [0.1, 0.15) is 0 Å². The number of para-hydroxylation sites is 4. The lowest BCUT2D eigenvalue weighted by Gasteiger charge is -2.44. The van der Waals surface area contributed by atoms with Crippen LogP contribution in [0.25, 0.3) is 55.1 Å². The Labute approximate surface area is 371 Å². The molecular weight excluding hydrogens is 793 g/mol. The number of rotatable bonds is 12. The van der Waals surface area contributed by atoms with Crippen molar-refractivity contribution in [1.29, 1.82) is 0 Å². The summed E-state index contributed by atoms with van der Waals surface area (Å²) in [4.78, 5) is 4.51. The highest BCUT2D eigenvalue weighted by Gasteiger charge is 2.56. The van der Waals surface area contributed by atoms with Crippen molar-refractivity contribution in [3.63, 3.8) is 0 Å². The first kappa shape index (κ1) is 39.0. The summed E-state index contributed by atoms with van der Waals surface area (Å²) in [6, 6.07) is 59.2. The second kappa shape index (κ2) is 15.8. The fourth-order valence-corrected chi connectivity index (χ4v) is 9.70. The van der Waals surface area contributed by atoms with Crippen LogP contribution in [0.15, 0.2) is 179 Å². The molecule has 1 aliphatic rings. The molecule has 0 radical (unpaired) electrons. The Morgan fingerprint density at radius 1 is 0.500 bits per heavy atom. The zero-order valence-corrected chi connectivity index (χ0v) is 36.4. The fourth-order valence-electron chi connectivity index (χ4n) is 9.70. The van der Waals surface area contributed by atoms with Crippen LogP contribution in [-0.4, -0.2) is 38.3 Å². The van der Waals surface area contributed by atoms with Crippen molar-refractivity contribution >= 4 is 72.6 Å². The van der Waals surface area contributed by atoms with Crippen molar-refractivity contribution in [1.82, 2.24) is 19.3 Å². The van der Waals surface area contributed by atoms with E-state index in [1.165, 1.54) is 21.8 Å². The summed E-state index contributed by atoms with van der Waals surface area (Å²) in [5, 5.41) is 21.3. The first-order valence-electron chi connectivity index (χ1n) is 22.2. The molecule has 0 amide bonds. The minimum absolute atomic E-state index is 0.175. The molecule has 0 aliphatic carbocycles. The summed E-state index contributed by atoms with van der Waals surface area (Å²) in [5.74, 6) is -0.720. The molecule has 0 spiro atoms. The molecule has 0 saturated carbocycles. The third-order valence-electron chi connectivity index (χ3n) is 12.7. The summed E-state index contributed by atoms with van der Waals surface area (Å²) in [5.41, 5.74) is 9.98. The summed E-state index contributed by atoms with van der Waals surface area (Å²) in [7, 11) is 0. The van der Waals surface area contributed by atoms with Gasteiger partial charge >= 0.3 is 11.9 Å². The molecule has 0 fully saturated rings. The molecule has 4 heterocycles. The number of benzene rings is 7. The Hall–Kier alpha value is -7.85. The van der Waals surface area contributed by atoms with E-state index in [0.29, 0.717) is 11.8 Å². The maximum Gasteiger partial charge on any atom is 0.345 e. The van der Waals surface area contributed by atoms with E-state index in [4.69, 9.17) is 24.5 Å². The van der Waals surface area contributed by atoms with Crippen LogP contribution < -0.4 is 14.8 Å². The molecule has 11 rings (SSSR count). The van der Waals surface area contributed by atoms with Gasteiger partial charge in [0.05, 0.1) is 0 Å². The summed E-state index contributed by atoms with van der Waals surface area (Å²) in [6.07, 6.45) is 0. The fraction of sp³-hybridized carbons (Fsp3) is 0.167. The lowest BCUT2D eigenvalue weighted by molar-refractivity contribution is 0.0766. The maximum absolute atomic E-state index is 7.59. The van der Waals surface area contributed by atoms with Crippen LogP contribution in [-0.2, 0) is 23.7 Å². The number of nitrogens with zero attached hydrogens (tertiary/aromatic N) is 8. The van der Waals surface area contributed by atoms with Crippen LogP contribution in [0.1, 0.15) is 38.8 Å². The Balaban J connectivity index is 1.15. The van der Waals surface area contributed by atoms with E-state index in [1.54, 1.807) is 5.01 Å². The van der Waals surface area contributed by atoms with E-state index in [-0.39, 0.29) is 6.01 Å². The lowest BCUT2D eigenvalue weighted by atomic mass is 10.0. The maximum atomic E-state index is 7.59. The van der Waals surface area contributed by atoms with Gasteiger partial charge in [-0.05, 0) is 125 Å². The molecule has 10 heteroatoms. The Kier molecular flexibility index (Phi) is 9.64. The molecule has 316 valence electrons. The molecule has 3 aromatic heterocycles. The molecule has 7 aromatic carbocycles. The quantitative estimate of drug-likeness (QED) is 0.121. The number of anilines is 4. The largest absolute Gasteiger partial charge is 0.424 e. The first-order chi connectivity index (χ1) is 31.5. The number of aryl methyl sites for hydroxylation is 2. The van der Waals surface area contributed by atoms with Crippen molar-refractivity contribution < 1.29 is 9.15 Å². The van der Waals surface area contributed by atoms with Crippen LogP contribution in [0.4, 0.5) is 23.1 Å². The summed E-state index contributed by atoms with van der Waals surface area (Å²) >= 11 is 0. The van der Waals surface area contributed by atoms with Crippen molar-refractivity contribution in [2.24, 2.45) is 5.10 Å². The molecule has 0 bridgehead atoms. The standard InChI is InChI=1S/C54H48N8O2/c1-5-58(6-2)40-31-29-39(30-32-40)54(61(41-19-11-9-12-20-41)42-21-13-10-14-22-42)62(57-52(64-54)38-28-34-50-46(36-38)44-24-16-18-26-48(44)60(50)8-4)53-56-55-51(63-53)37-27-33-49-45(35-37)43-23-15-17-25-47(43)59(49)7-3/h9-36H,5-8H2,1-4H3. The number of hydrazone groups is 1. The zero-order chi connectivity index (χ0) is 43.4. The van der Waals surface area contributed by atoms with Crippen LogP contribution >= 0.6 is 0 Å². The van der Waals surface area contributed by atoms with Crippen LogP contribution in [0, 0.1) is 0 Å². The molecule has 10 aromatic rings. The predicted octanol–water partition coefficient (Wildman–Crippen LogP) is 12.7. The highest BCUT2D eigenvalue weighted by molar-refractivity contribution is 6.11. The minimum atomic E-state index is -1.51. The van der Waals surface area contributed by atoms with Crippen molar-refractivity contribution in [2.75, 3.05) is 27.9 Å². The average molecular weight is 841 g/mol. The monoisotopic (exact) mass is 840 g/mol.